The summed E-state index contributed by atoms with van der Waals surface area (Å²) in [6.45, 7) is 7.71. The van der Waals surface area contributed by atoms with Crippen LogP contribution in [0.3, 0.4) is 0 Å². The predicted octanol–water partition coefficient (Wildman–Crippen LogP) is 0.428. The average molecular weight is 216 g/mol. The summed E-state index contributed by atoms with van der Waals surface area (Å²) in [6.07, 6.45) is 0. The van der Waals surface area contributed by atoms with E-state index in [1.54, 1.807) is 7.11 Å². The van der Waals surface area contributed by atoms with Crippen LogP contribution < -0.4 is 11.3 Å². The van der Waals surface area contributed by atoms with Gasteiger partial charge in [0.2, 0.25) is 5.96 Å². The Kier molecular flexibility index (Phi) is 7.07. The highest BCUT2D eigenvalue weighted by atomic mass is 16.5. The first-order valence-corrected chi connectivity index (χ1v) is 5.27. The zero-order valence-corrected chi connectivity index (χ0v) is 10.4. The lowest BCUT2D eigenvalue weighted by Gasteiger charge is -2.30. The maximum Gasteiger partial charge on any atom is 0.208 e. The largest absolute Gasteiger partial charge is 0.383 e. The molecule has 0 aliphatic carbocycles. The number of rotatable bonds is 5. The van der Waals surface area contributed by atoms with Crippen LogP contribution in [-0.2, 0) is 4.74 Å². The van der Waals surface area contributed by atoms with Gasteiger partial charge in [-0.1, -0.05) is 13.8 Å². The van der Waals surface area contributed by atoms with Gasteiger partial charge < -0.3 is 9.64 Å². The van der Waals surface area contributed by atoms with Gasteiger partial charge in [-0.05, 0) is 12.8 Å². The van der Waals surface area contributed by atoms with Gasteiger partial charge in [0.25, 0.3) is 0 Å². The summed E-state index contributed by atoms with van der Waals surface area (Å²) in [5, 5.41) is 0. The Bertz CT molecular complexity index is 194. The molecule has 1 atom stereocenters. The van der Waals surface area contributed by atoms with Crippen molar-refractivity contribution in [2.75, 3.05) is 27.3 Å². The van der Waals surface area contributed by atoms with E-state index in [9.17, 15) is 0 Å². The second-order valence-corrected chi connectivity index (χ2v) is 3.94. The molecule has 0 bridgehead atoms. The summed E-state index contributed by atoms with van der Waals surface area (Å²) < 4.78 is 4.93. The molecule has 0 saturated carbocycles. The third-order valence-electron chi connectivity index (χ3n) is 2.60. The van der Waals surface area contributed by atoms with E-state index < -0.39 is 0 Å². The lowest BCUT2D eigenvalue weighted by Crippen LogP contribution is -2.48. The van der Waals surface area contributed by atoms with Crippen molar-refractivity contribution in [3.05, 3.63) is 0 Å². The molecule has 90 valence electrons. The van der Waals surface area contributed by atoms with Gasteiger partial charge in [-0.3, -0.25) is 5.43 Å². The fourth-order valence-electron chi connectivity index (χ4n) is 1.14. The van der Waals surface area contributed by atoms with Crippen molar-refractivity contribution in [3.8, 4) is 0 Å². The smallest absolute Gasteiger partial charge is 0.208 e. The van der Waals surface area contributed by atoms with Crippen molar-refractivity contribution in [1.29, 1.82) is 0 Å². The van der Waals surface area contributed by atoms with Gasteiger partial charge in [0.1, 0.15) is 0 Å². The monoisotopic (exact) mass is 216 g/mol. The number of nitrogens with one attached hydrogen (secondary N) is 1. The molecule has 0 spiro atoms. The van der Waals surface area contributed by atoms with Crippen LogP contribution in [0.1, 0.15) is 20.8 Å². The van der Waals surface area contributed by atoms with Gasteiger partial charge in [-0.2, -0.15) is 0 Å². The fourth-order valence-corrected chi connectivity index (χ4v) is 1.14. The summed E-state index contributed by atoms with van der Waals surface area (Å²) in [6, 6.07) is 0.391. The lowest BCUT2D eigenvalue weighted by molar-refractivity contribution is 0.207. The van der Waals surface area contributed by atoms with Gasteiger partial charge >= 0.3 is 0 Å². The molecule has 0 heterocycles. The Morgan fingerprint density at radius 1 is 1.47 bits per heavy atom. The lowest BCUT2D eigenvalue weighted by atomic mass is 10.1. The minimum Gasteiger partial charge on any atom is -0.383 e. The van der Waals surface area contributed by atoms with Gasteiger partial charge in [0.15, 0.2) is 0 Å². The Morgan fingerprint density at radius 2 is 2.07 bits per heavy atom. The summed E-state index contributed by atoms with van der Waals surface area (Å²) in [7, 11) is 3.64. The second-order valence-electron chi connectivity index (χ2n) is 3.94. The number of methoxy groups -OCH3 is 1. The minimum atomic E-state index is 0.391. The van der Waals surface area contributed by atoms with E-state index in [1.165, 1.54) is 0 Å². The van der Waals surface area contributed by atoms with Gasteiger partial charge in [0.05, 0.1) is 13.2 Å². The highest BCUT2D eigenvalue weighted by Gasteiger charge is 2.15. The maximum absolute atomic E-state index is 5.43. The number of nitrogens with two attached hydrogens (primary N) is 1. The van der Waals surface area contributed by atoms with E-state index in [0.29, 0.717) is 31.1 Å². The zero-order valence-electron chi connectivity index (χ0n) is 10.4. The molecule has 0 radical (unpaired) electrons. The maximum atomic E-state index is 5.43. The molecule has 15 heavy (non-hydrogen) atoms. The molecule has 3 N–H and O–H groups in total. The molecule has 0 aromatic heterocycles. The number of hydrazine groups is 1. The van der Waals surface area contributed by atoms with E-state index >= 15 is 0 Å². The molecule has 0 amide bonds. The number of nitrogens with zero attached hydrogens (tertiary/aromatic N) is 2. The summed E-state index contributed by atoms with van der Waals surface area (Å²) >= 11 is 0. The van der Waals surface area contributed by atoms with E-state index in [0.717, 1.165) is 0 Å². The van der Waals surface area contributed by atoms with Crippen LogP contribution in [0.4, 0.5) is 0 Å². The topological polar surface area (TPSA) is 62.9 Å². The Labute approximate surface area is 92.7 Å². The summed E-state index contributed by atoms with van der Waals surface area (Å²) in [4.78, 5) is 6.36. The standard InChI is InChI=1S/C10H24N4O/c1-8(2)9(3)14(4)10(13-11)12-6-7-15-5/h8-9H,6-7,11H2,1-5H3,(H,12,13). The normalized spacial score (nSPS) is 14.2. The quantitative estimate of drug-likeness (QED) is 0.230. The van der Waals surface area contributed by atoms with Crippen molar-refractivity contribution < 1.29 is 4.74 Å². The number of ether oxygens (including phenoxy) is 1. The Balaban J connectivity index is 4.32. The SMILES string of the molecule is COCCN=C(NN)N(C)C(C)C(C)C. The molecule has 0 aliphatic heterocycles. The number of guanidine groups is 1. The number of aliphatic imine (C=N–C) groups is 1. The average Bonchev–Trinajstić information content (AvgIpc) is 2.22. The van der Waals surface area contributed by atoms with Crippen molar-refractivity contribution in [2.45, 2.75) is 26.8 Å². The van der Waals surface area contributed by atoms with Crippen molar-refractivity contribution in [2.24, 2.45) is 16.8 Å². The van der Waals surface area contributed by atoms with E-state index in [4.69, 9.17) is 10.6 Å². The highest BCUT2D eigenvalue weighted by Crippen LogP contribution is 2.07. The van der Waals surface area contributed by atoms with Crippen LogP contribution in [0.5, 0.6) is 0 Å². The molecule has 0 aliphatic rings. The molecule has 5 nitrogen and oxygen atoms in total. The van der Waals surface area contributed by atoms with Crippen molar-refractivity contribution in [1.82, 2.24) is 10.3 Å². The first kappa shape index (κ1) is 14.2. The van der Waals surface area contributed by atoms with Crippen LogP contribution in [0.15, 0.2) is 4.99 Å². The van der Waals surface area contributed by atoms with Gasteiger partial charge in [-0.15, -0.1) is 0 Å². The van der Waals surface area contributed by atoms with Crippen LogP contribution in [-0.4, -0.2) is 44.2 Å². The molecular formula is C10H24N4O. The van der Waals surface area contributed by atoms with Crippen molar-refractivity contribution >= 4 is 5.96 Å². The number of hydrogen-bond donors (Lipinski definition) is 2. The first-order chi connectivity index (χ1) is 7.04. The van der Waals surface area contributed by atoms with Crippen LogP contribution in [0.2, 0.25) is 0 Å². The van der Waals surface area contributed by atoms with E-state index in [2.05, 4.69) is 31.2 Å². The molecular weight excluding hydrogens is 192 g/mol. The van der Waals surface area contributed by atoms with E-state index in [1.807, 2.05) is 11.9 Å². The van der Waals surface area contributed by atoms with Gasteiger partial charge in [0, 0.05) is 20.2 Å². The molecule has 0 saturated heterocycles. The third-order valence-corrected chi connectivity index (χ3v) is 2.60. The van der Waals surface area contributed by atoms with Crippen LogP contribution in [0.25, 0.3) is 0 Å². The predicted molar refractivity (Wildman–Crippen MR) is 63.6 cm³/mol. The summed E-state index contributed by atoms with van der Waals surface area (Å²) in [5.74, 6) is 6.68. The van der Waals surface area contributed by atoms with Crippen LogP contribution >= 0.6 is 0 Å². The fraction of sp³-hybridized carbons (Fsp3) is 0.900. The Hall–Kier alpha value is -0.810. The first-order valence-electron chi connectivity index (χ1n) is 5.27. The Morgan fingerprint density at radius 3 is 2.47 bits per heavy atom. The zero-order chi connectivity index (χ0) is 11.8. The highest BCUT2D eigenvalue weighted by molar-refractivity contribution is 5.79. The summed E-state index contributed by atoms with van der Waals surface area (Å²) in [5.41, 5.74) is 2.62. The molecule has 1 unspecified atom stereocenters. The molecule has 0 aromatic rings. The number of hydrogen-bond acceptors (Lipinski definition) is 3. The molecule has 0 aromatic carbocycles. The molecule has 0 rings (SSSR count). The molecule has 0 fully saturated rings. The van der Waals surface area contributed by atoms with Crippen LogP contribution in [0, 0.1) is 5.92 Å². The third kappa shape index (κ3) is 4.99. The van der Waals surface area contributed by atoms with E-state index in [-0.39, 0.29) is 0 Å². The molecule has 5 heteroatoms. The minimum absolute atomic E-state index is 0.391. The van der Waals surface area contributed by atoms with Crippen molar-refractivity contribution in [3.63, 3.8) is 0 Å². The second kappa shape index (κ2) is 7.48. The van der Waals surface area contributed by atoms with Gasteiger partial charge in [-0.25, -0.2) is 10.8 Å².